The summed E-state index contributed by atoms with van der Waals surface area (Å²) in [6.45, 7) is 16.9. The Labute approximate surface area is 287 Å². The average molecular weight is 729 g/mol. The molecule has 17 nitrogen and oxygen atoms in total. The first kappa shape index (κ1) is 39.2. The molecule has 5 rings (SSSR count). The topological polar surface area (TPSA) is 249 Å². The fourth-order valence-corrected chi connectivity index (χ4v) is 17.9. The highest BCUT2D eigenvalue weighted by atomic mass is 28.5. The molecule has 2 aromatic heterocycles. The van der Waals surface area contributed by atoms with Gasteiger partial charge in [0.2, 0.25) is 0 Å². The number of nitrogens with zero attached hydrogens (tertiary/aromatic N) is 4. The van der Waals surface area contributed by atoms with E-state index in [-0.39, 0.29) is 40.4 Å². The number of nitrogen functional groups attached to an aromatic ring is 2. The fourth-order valence-electron chi connectivity index (χ4n) is 6.72. The molecular weight excluding hydrogens is 677 g/mol. The highest BCUT2D eigenvalue weighted by Gasteiger charge is 2.61. The Balaban J connectivity index is 0.000000266. The minimum absolute atomic E-state index is 0.0537. The Morgan fingerprint density at radius 1 is 0.776 bits per heavy atom. The van der Waals surface area contributed by atoms with E-state index in [0.29, 0.717) is 0 Å². The Kier molecular flexibility index (Phi) is 12.3. The van der Waals surface area contributed by atoms with E-state index >= 15 is 0 Å². The molecule has 3 fully saturated rings. The van der Waals surface area contributed by atoms with E-state index in [2.05, 4.69) is 65.4 Å². The Hall–Kier alpha value is -2.57. The van der Waals surface area contributed by atoms with Crippen LogP contribution in [0.25, 0.3) is 0 Å². The molecule has 0 unspecified atom stereocenters. The lowest BCUT2D eigenvalue weighted by Gasteiger charge is -2.51. The van der Waals surface area contributed by atoms with Crippen LogP contribution in [0.1, 0.15) is 67.8 Å². The van der Waals surface area contributed by atoms with Gasteiger partial charge in [0.25, 0.3) is 0 Å². The summed E-state index contributed by atoms with van der Waals surface area (Å²) in [6.07, 6.45) is -4.99. The number of anilines is 2. The second kappa shape index (κ2) is 15.4. The van der Waals surface area contributed by atoms with Crippen molar-refractivity contribution in [3.05, 3.63) is 45.5 Å². The first-order chi connectivity index (χ1) is 22.9. The molecule has 0 radical (unpaired) electrons. The third-order valence-corrected chi connectivity index (χ3v) is 19.7. The van der Waals surface area contributed by atoms with Crippen LogP contribution in [-0.4, -0.2) is 106 Å². The number of rotatable bonds is 7. The first-order valence-electron chi connectivity index (χ1n) is 16.6. The number of ether oxygens (including phenoxy) is 2. The molecule has 5 heterocycles. The van der Waals surface area contributed by atoms with Crippen molar-refractivity contribution in [2.24, 2.45) is 0 Å². The first-order valence-corrected chi connectivity index (χ1v) is 20.5. The van der Waals surface area contributed by atoms with E-state index in [0.717, 1.165) is 4.57 Å². The molecule has 0 spiro atoms. The van der Waals surface area contributed by atoms with Crippen LogP contribution in [0.4, 0.5) is 11.6 Å². The van der Waals surface area contributed by atoms with Gasteiger partial charge in [0.05, 0.1) is 13.2 Å². The number of aromatic nitrogens is 4. The van der Waals surface area contributed by atoms with Crippen molar-refractivity contribution >= 4 is 28.8 Å². The maximum Gasteiger partial charge on any atom is 0.351 e. The molecule has 8 atom stereocenters. The second-order valence-electron chi connectivity index (χ2n) is 13.9. The highest BCUT2D eigenvalue weighted by Crippen LogP contribution is 2.48. The normalized spacial score (nSPS) is 31.0. The molecule has 3 aliphatic rings. The second-order valence-corrected chi connectivity index (χ2v) is 22.8. The van der Waals surface area contributed by atoms with E-state index in [1.807, 2.05) is 0 Å². The van der Waals surface area contributed by atoms with Crippen molar-refractivity contribution in [1.29, 1.82) is 0 Å². The lowest BCUT2D eigenvalue weighted by Crippen LogP contribution is -2.65. The molecule has 0 saturated carbocycles. The SMILES string of the molecule is CC(C)[Si]1(C(C)C)OC[C@H]2O[C@@H](n3ccc(N)nc3=O)[C@H](O)[C@@H]2O[Si](C(C)C)(C(C)C)O1.Nc1ccn([C@@H]2O[C@H](CO)[C@@H](O)[C@H]2O)c(=O)n1. The van der Waals surface area contributed by atoms with Crippen LogP contribution in [0.3, 0.4) is 0 Å². The predicted molar refractivity (Wildman–Crippen MR) is 183 cm³/mol. The maximum atomic E-state index is 12.4. The van der Waals surface area contributed by atoms with E-state index < -0.39 is 84.2 Å². The van der Waals surface area contributed by atoms with Gasteiger partial charge in [0.1, 0.15) is 48.3 Å². The molecule has 0 amide bonds. The molecular formula is C30H52N6O11Si2. The zero-order chi connectivity index (χ0) is 36.6. The lowest BCUT2D eigenvalue weighted by atomic mass is 10.1. The minimum Gasteiger partial charge on any atom is -0.414 e. The van der Waals surface area contributed by atoms with Gasteiger partial charge in [0.15, 0.2) is 12.5 Å². The largest absolute Gasteiger partial charge is 0.414 e. The Morgan fingerprint density at radius 2 is 1.24 bits per heavy atom. The summed E-state index contributed by atoms with van der Waals surface area (Å²) in [4.78, 5) is 31.2. The van der Waals surface area contributed by atoms with Crippen LogP contribution in [-0.2, 0) is 22.4 Å². The monoisotopic (exact) mass is 728 g/mol. The fraction of sp³-hybridized carbons (Fsp3) is 0.733. The zero-order valence-corrected chi connectivity index (χ0v) is 31.2. The van der Waals surface area contributed by atoms with Gasteiger partial charge in [-0.05, 0) is 34.3 Å². The molecule has 49 heavy (non-hydrogen) atoms. The lowest BCUT2D eigenvalue weighted by molar-refractivity contribution is -0.0600. The number of hydrogen-bond acceptors (Lipinski definition) is 15. The summed E-state index contributed by atoms with van der Waals surface area (Å²) in [7, 11) is -5.59. The Bertz CT molecular complexity index is 1530. The van der Waals surface area contributed by atoms with Crippen LogP contribution < -0.4 is 22.8 Å². The molecule has 2 aromatic rings. The van der Waals surface area contributed by atoms with Gasteiger partial charge in [-0.25, -0.2) is 9.59 Å². The van der Waals surface area contributed by atoms with E-state index in [1.54, 1.807) is 0 Å². The van der Waals surface area contributed by atoms with Crippen molar-refractivity contribution in [2.75, 3.05) is 24.7 Å². The van der Waals surface area contributed by atoms with Crippen molar-refractivity contribution < 1.29 is 42.9 Å². The summed E-state index contributed by atoms with van der Waals surface area (Å²) in [5.74, 6) is 0.173. The molecule has 3 aliphatic heterocycles. The van der Waals surface area contributed by atoms with Crippen LogP contribution >= 0.6 is 0 Å². The quantitative estimate of drug-likeness (QED) is 0.212. The van der Waals surface area contributed by atoms with E-state index in [1.165, 1.54) is 29.1 Å². The summed E-state index contributed by atoms with van der Waals surface area (Å²) in [6, 6.07) is 2.88. The molecule has 0 bridgehead atoms. The van der Waals surface area contributed by atoms with Gasteiger partial charge < -0.3 is 54.3 Å². The minimum atomic E-state index is -2.89. The van der Waals surface area contributed by atoms with Gasteiger partial charge in [-0.15, -0.1) is 0 Å². The summed E-state index contributed by atoms with van der Waals surface area (Å²) in [5.41, 5.74) is 10.3. The zero-order valence-electron chi connectivity index (χ0n) is 29.2. The molecule has 276 valence electrons. The molecule has 0 aromatic carbocycles. The summed E-state index contributed by atoms with van der Waals surface area (Å²) >= 11 is 0. The summed E-state index contributed by atoms with van der Waals surface area (Å²) < 4.78 is 34.3. The highest BCUT2D eigenvalue weighted by molar-refractivity contribution is 6.84. The van der Waals surface area contributed by atoms with Crippen molar-refractivity contribution in [2.45, 2.75) is 127 Å². The van der Waals surface area contributed by atoms with Gasteiger partial charge in [0, 0.05) is 12.4 Å². The smallest absolute Gasteiger partial charge is 0.351 e. The van der Waals surface area contributed by atoms with Crippen LogP contribution in [0, 0.1) is 0 Å². The van der Waals surface area contributed by atoms with Gasteiger partial charge in [-0.1, -0.05) is 55.4 Å². The molecule has 0 aliphatic carbocycles. The third kappa shape index (κ3) is 7.57. The number of hydrogen-bond donors (Lipinski definition) is 6. The number of fused-ring (bicyclic) bond motifs is 1. The number of aliphatic hydroxyl groups is 4. The summed E-state index contributed by atoms with van der Waals surface area (Å²) in [5, 5.41) is 39.4. The standard InChI is InChI=1S/C21H39N3O6Si2.C9H13N3O5/c1-12(2)31(13(3)4)27-11-16-19(29-32(30-31,14(5)6)15(7)8)18(25)20(28-16)24-10-9-17(22)23-21(24)26;10-5-1-2-12(9(16)11-5)8-7(15)6(14)4(3-13)17-8/h9-10,12-16,18-20,25H,11H2,1-8H3,(H2,22,23,26);1-2,4,6-8,13-15H,3H2,(H2,10,11,16)/t16-,18-,19-,20-;4-,6-,7-,8-/m11/s1. The van der Waals surface area contributed by atoms with E-state index in [4.69, 9.17) is 39.0 Å². The maximum absolute atomic E-state index is 12.4. The van der Waals surface area contributed by atoms with Gasteiger partial charge in [-0.2, -0.15) is 9.97 Å². The van der Waals surface area contributed by atoms with Crippen molar-refractivity contribution in [3.63, 3.8) is 0 Å². The average Bonchev–Trinajstić information content (AvgIpc) is 3.46. The third-order valence-electron chi connectivity index (χ3n) is 9.41. The van der Waals surface area contributed by atoms with Crippen molar-refractivity contribution in [1.82, 2.24) is 19.1 Å². The predicted octanol–water partition coefficient (Wildman–Crippen LogP) is 0.477. The van der Waals surface area contributed by atoms with Crippen LogP contribution in [0.15, 0.2) is 34.1 Å². The molecule has 3 saturated heterocycles. The molecule has 8 N–H and O–H groups in total. The van der Waals surface area contributed by atoms with E-state index in [9.17, 15) is 24.9 Å². The number of nitrogens with two attached hydrogens (primary N) is 2. The van der Waals surface area contributed by atoms with Gasteiger partial charge in [-0.3, -0.25) is 9.13 Å². The van der Waals surface area contributed by atoms with Crippen molar-refractivity contribution in [3.8, 4) is 0 Å². The van der Waals surface area contributed by atoms with Gasteiger partial charge >= 0.3 is 28.5 Å². The Morgan fingerprint density at radius 3 is 1.65 bits per heavy atom. The van der Waals surface area contributed by atoms with Crippen LogP contribution in [0.5, 0.6) is 0 Å². The number of aliphatic hydroxyl groups excluding tert-OH is 4. The van der Waals surface area contributed by atoms with Crippen LogP contribution in [0.2, 0.25) is 22.2 Å². The molecule has 19 heteroatoms.